The average molecular weight is 563 g/mol. The van der Waals surface area contributed by atoms with Gasteiger partial charge in [0.05, 0.1) is 13.2 Å². The zero-order chi connectivity index (χ0) is 28.6. The molecule has 40 heavy (non-hydrogen) atoms. The van der Waals surface area contributed by atoms with Gasteiger partial charge in [-0.3, -0.25) is 0 Å². The summed E-state index contributed by atoms with van der Waals surface area (Å²) in [6.07, 6.45) is 33.4. The minimum absolute atomic E-state index is 0.351. The molecule has 2 N–H and O–H groups in total. The van der Waals surface area contributed by atoms with Gasteiger partial charge in [0.1, 0.15) is 0 Å². The van der Waals surface area contributed by atoms with E-state index >= 15 is 0 Å². The van der Waals surface area contributed by atoms with Gasteiger partial charge in [-0.05, 0) is 37.8 Å². The lowest BCUT2D eigenvalue weighted by Gasteiger charge is -2.12. The molecule has 234 valence electrons. The molecular formula is C36H66O4. The van der Waals surface area contributed by atoms with E-state index in [0.29, 0.717) is 13.2 Å². The summed E-state index contributed by atoms with van der Waals surface area (Å²) < 4.78 is 12.1. The molecule has 1 aromatic carbocycles. The molecule has 0 saturated carbocycles. The van der Waals surface area contributed by atoms with Crippen molar-refractivity contribution in [1.29, 1.82) is 0 Å². The zero-order valence-corrected chi connectivity index (χ0v) is 26.2. The molecule has 0 spiro atoms. The van der Waals surface area contributed by atoms with E-state index in [-0.39, 0.29) is 0 Å². The van der Waals surface area contributed by atoms with Gasteiger partial charge in [0.15, 0.2) is 11.5 Å². The molecule has 4 nitrogen and oxygen atoms in total. The fourth-order valence-electron chi connectivity index (χ4n) is 5.37. The van der Waals surface area contributed by atoms with Crippen LogP contribution >= 0.6 is 0 Å². The predicted molar refractivity (Wildman–Crippen MR) is 172 cm³/mol. The van der Waals surface area contributed by atoms with Gasteiger partial charge >= 0.3 is 0 Å². The molecule has 0 unspecified atom stereocenters. The Balaban J connectivity index is 1.90. The van der Waals surface area contributed by atoms with Crippen molar-refractivity contribution in [3.05, 3.63) is 24.3 Å². The van der Waals surface area contributed by atoms with E-state index in [1.54, 1.807) is 0 Å². The Morgan fingerprint density at radius 1 is 0.325 bits per heavy atom. The molecule has 0 heterocycles. The van der Waals surface area contributed by atoms with E-state index in [1.165, 1.54) is 141 Å². The van der Waals surface area contributed by atoms with E-state index in [4.69, 9.17) is 19.7 Å². The number of aliphatic hydroxyl groups is 2. The topological polar surface area (TPSA) is 58.9 Å². The van der Waals surface area contributed by atoms with Crippen molar-refractivity contribution in [3.8, 4) is 11.5 Å². The fraction of sp³-hybridized carbons (Fsp3) is 0.833. The van der Waals surface area contributed by atoms with Crippen molar-refractivity contribution in [2.45, 2.75) is 167 Å². The predicted octanol–water partition coefficient (Wildman–Crippen LogP) is 10.6. The summed E-state index contributed by atoms with van der Waals surface area (Å²) in [6, 6.07) is 8.15. The standard InChI is InChI=1S/C36H66O4/c37-31-25-19-15-11-7-3-1-5-9-13-17-21-27-33-39-35-29-23-24-30-36(35)40-34-28-22-18-14-10-6-2-4-8-12-16-20-26-32-38/h23-24,29-30,37-38H,1-22,25-28,31-34H2. The van der Waals surface area contributed by atoms with E-state index in [1.807, 2.05) is 24.3 Å². The van der Waals surface area contributed by atoms with Gasteiger partial charge in [0, 0.05) is 13.2 Å². The van der Waals surface area contributed by atoms with Crippen molar-refractivity contribution in [1.82, 2.24) is 0 Å². The van der Waals surface area contributed by atoms with Crippen LogP contribution in [0.3, 0.4) is 0 Å². The molecule has 0 amide bonds. The van der Waals surface area contributed by atoms with Crippen LogP contribution in [-0.2, 0) is 0 Å². The fourth-order valence-corrected chi connectivity index (χ4v) is 5.37. The Morgan fingerprint density at radius 2 is 0.550 bits per heavy atom. The molecule has 0 bridgehead atoms. The summed E-state index contributed by atoms with van der Waals surface area (Å²) >= 11 is 0. The lowest BCUT2D eigenvalue weighted by Crippen LogP contribution is -2.02. The van der Waals surface area contributed by atoms with Crippen LogP contribution in [0.5, 0.6) is 11.5 Å². The Labute approximate surface area is 248 Å². The smallest absolute Gasteiger partial charge is 0.161 e. The number of ether oxygens (including phenoxy) is 2. The molecule has 0 aliphatic heterocycles. The summed E-state index contributed by atoms with van der Waals surface area (Å²) in [5, 5.41) is 17.6. The third-order valence-corrected chi connectivity index (χ3v) is 7.97. The number of aliphatic hydroxyl groups excluding tert-OH is 2. The summed E-state index contributed by atoms with van der Waals surface area (Å²) in [4.78, 5) is 0. The number of unbranched alkanes of at least 4 members (excludes halogenated alkanes) is 24. The maximum absolute atomic E-state index is 8.80. The minimum Gasteiger partial charge on any atom is -0.490 e. The van der Waals surface area contributed by atoms with E-state index in [0.717, 1.165) is 50.4 Å². The van der Waals surface area contributed by atoms with Crippen molar-refractivity contribution in [2.24, 2.45) is 0 Å². The normalized spacial score (nSPS) is 11.2. The van der Waals surface area contributed by atoms with Crippen molar-refractivity contribution in [3.63, 3.8) is 0 Å². The first-order valence-corrected chi connectivity index (χ1v) is 17.4. The zero-order valence-electron chi connectivity index (χ0n) is 26.2. The third-order valence-electron chi connectivity index (χ3n) is 7.97. The Morgan fingerprint density at radius 3 is 0.800 bits per heavy atom. The van der Waals surface area contributed by atoms with Crippen molar-refractivity contribution >= 4 is 0 Å². The number of para-hydroxylation sites is 2. The van der Waals surface area contributed by atoms with Gasteiger partial charge < -0.3 is 19.7 Å². The highest BCUT2D eigenvalue weighted by molar-refractivity contribution is 5.39. The molecule has 0 fully saturated rings. The Hall–Kier alpha value is -1.26. The van der Waals surface area contributed by atoms with Crippen LogP contribution in [0.1, 0.15) is 167 Å². The highest BCUT2D eigenvalue weighted by Gasteiger charge is 2.04. The molecule has 0 saturated heterocycles. The van der Waals surface area contributed by atoms with Crippen LogP contribution < -0.4 is 9.47 Å². The highest BCUT2D eigenvalue weighted by Crippen LogP contribution is 2.27. The average Bonchev–Trinajstić information content (AvgIpc) is 2.97. The minimum atomic E-state index is 0.351. The molecule has 0 aromatic heterocycles. The molecule has 0 radical (unpaired) electrons. The van der Waals surface area contributed by atoms with Crippen LogP contribution in [-0.4, -0.2) is 36.6 Å². The number of rotatable bonds is 32. The molecule has 0 aliphatic rings. The third kappa shape index (κ3) is 24.5. The molecule has 1 aromatic rings. The molecular weight excluding hydrogens is 496 g/mol. The van der Waals surface area contributed by atoms with Gasteiger partial charge in [-0.15, -0.1) is 0 Å². The molecule has 0 aliphatic carbocycles. The maximum atomic E-state index is 8.80. The van der Waals surface area contributed by atoms with Gasteiger partial charge in [-0.25, -0.2) is 0 Å². The molecule has 1 rings (SSSR count). The van der Waals surface area contributed by atoms with Gasteiger partial charge in [0.2, 0.25) is 0 Å². The quantitative estimate of drug-likeness (QED) is 0.0857. The van der Waals surface area contributed by atoms with E-state index in [2.05, 4.69) is 0 Å². The van der Waals surface area contributed by atoms with Gasteiger partial charge in [-0.2, -0.15) is 0 Å². The van der Waals surface area contributed by atoms with Gasteiger partial charge in [-0.1, -0.05) is 153 Å². The van der Waals surface area contributed by atoms with Crippen molar-refractivity contribution < 1.29 is 19.7 Å². The largest absolute Gasteiger partial charge is 0.490 e. The number of benzene rings is 1. The summed E-state index contributed by atoms with van der Waals surface area (Å²) in [6.45, 7) is 2.26. The van der Waals surface area contributed by atoms with Crippen LogP contribution in [0.4, 0.5) is 0 Å². The second-order valence-corrected chi connectivity index (χ2v) is 11.8. The second kappa shape index (κ2) is 30.7. The lowest BCUT2D eigenvalue weighted by molar-refractivity contribution is 0.258. The summed E-state index contributed by atoms with van der Waals surface area (Å²) in [5.74, 6) is 1.79. The highest BCUT2D eigenvalue weighted by atomic mass is 16.5. The monoisotopic (exact) mass is 562 g/mol. The van der Waals surface area contributed by atoms with E-state index < -0.39 is 0 Å². The maximum Gasteiger partial charge on any atom is 0.161 e. The number of hydrogen-bond donors (Lipinski definition) is 2. The van der Waals surface area contributed by atoms with E-state index in [9.17, 15) is 0 Å². The molecule has 0 atom stereocenters. The summed E-state index contributed by atoms with van der Waals surface area (Å²) in [5.41, 5.74) is 0. The van der Waals surface area contributed by atoms with Crippen molar-refractivity contribution in [2.75, 3.05) is 26.4 Å². The SMILES string of the molecule is OCCCCCCCCCCCCCCCOc1ccccc1OCCCCCCCCCCCCCCCO. The Kier molecular flexibility index (Phi) is 28.2. The van der Waals surface area contributed by atoms with Crippen LogP contribution in [0, 0.1) is 0 Å². The first-order valence-electron chi connectivity index (χ1n) is 17.4. The summed E-state index contributed by atoms with van der Waals surface area (Å²) in [7, 11) is 0. The van der Waals surface area contributed by atoms with Crippen LogP contribution in [0.15, 0.2) is 24.3 Å². The van der Waals surface area contributed by atoms with Gasteiger partial charge in [0.25, 0.3) is 0 Å². The Bertz CT molecular complexity index is 568. The van der Waals surface area contributed by atoms with Crippen LogP contribution in [0.25, 0.3) is 0 Å². The first kappa shape index (κ1) is 36.8. The number of hydrogen-bond acceptors (Lipinski definition) is 4. The second-order valence-electron chi connectivity index (χ2n) is 11.8. The lowest BCUT2D eigenvalue weighted by atomic mass is 10.0. The first-order chi connectivity index (χ1) is 19.9. The van der Waals surface area contributed by atoms with Crippen LogP contribution in [0.2, 0.25) is 0 Å². The molecule has 4 heteroatoms.